The number of aliphatic hydroxyl groups excluding tert-OH is 1. The van der Waals surface area contributed by atoms with Gasteiger partial charge in [0.1, 0.15) is 17.0 Å². The number of nitrogens with zero attached hydrogens (tertiary/aromatic N) is 3. The van der Waals surface area contributed by atoms with Gasteiger partial charge in [-0.25, -0.2) is 5.43 Å². The Balaban J connectivity index is 1.81. The summed E-state index contributed by atoms with van der Waals surface area (Å²) in [6.45, 7) is 12.3. The number of carbonyl (C=O) groups excluding carboxylic acids is 1. The fraction of sp³-hybridized carbons (Fsp3) is 0.367. The SMILES string of the molecule is CCN(CC)c1ccc2c(c1)Oc1cc(N(CC)CC)ccc1C21c2ccccc2C(=O)N1NCCO. The van der Waals surface area contributed by atoms with Gasteiger partial charge in [0.2, 0.25) is 0 Å². The number of ether oxygens (including phenoxy) is 1. The summed E-state index contributed by atoms with van der Waals surface area (Å²) in [4.78, 5) is 18.4. The van der Waals surface area contributed by atoms with Gasteiger partial charge in [-0.15, -0.1) is 0 Å². The Bertz CT molecular complexity index is 1240. The van der Waals surface area contributed by atoms with Gasteiger partial charge in [-0.05, 0) is 45.9 Å². The molecule has 1 spiro atoms. The van der Waals surface area contributed by atoms with Gasteiger partial charge < -0.3 is 19.6 Å². The van der Waals surface area contributed by atoms with Crippen molar-refractivity contribution < 1.29 is 14.6 Å². The number of hydrazine groups is 1. The standard InChI is InChI=1S/C30H36N4O3/c1-5-32(6-2)21-13-15-25-27(19-21)37-28-20-22(33(7-3)8-4)14-16-26(28)30(25)24-12-10-9-11-23(24)29(36)34(30)31-17-18-35/h9-16,19-20,31,35H,5-8,17-18H2,1-4H3. The second-order valence-corrected chi connectivity index (χ2v) is 9.34. The van der Waals surface area contributed by atoms with Gasteiger partial charge in [0.15, 0.2) is 0 Å². The molecule has 7 nitrogen and oxygen atoms in total. The third-order valence-corrected chi connectivity index (χ3v) is 7.65. The zero-order valence-electron chi connectivity index (χ0n) is 22.1. The Kier molecular flexibility index (Phi) is 6.84. The lowest BCUT2D eigenvalue weighted by molar-refractivity contribution is 0.0486. The van der Waals surface area contributed by atoms with Crippen LogP contribution in [-0.2, 0) is 5.54 Å². The molecule has 0 radical (unpaired) electrons. The van der Waals surface area contributed by atoms with Crippen molar-refractivity contribution in [2.75, 3.05) is 49.1 Å². The predicted molar refractivity (Wildman–Crippen MR) is 148 cm³/mol. The van der Waals surface area contributed by atoms with Crippen LogP contribution < -0.4 is 20.0 Å². The lowest BCUT2D eigenvalue weighted by Crippen LogP contribution is -2.54. The first-order valence-electron chi connectivity index (χ1n) is 13.3. The summed E-state index contributed by atoms with van der Waals surface area (Å²) in [6, 6.07) is 20.4. The molecule has 3 aromatic rings. The molecular formula is C30H36N4O3. The molecule has 0 aromatic heterocycles. The maximum Gasteiger partial charge on any atom is 0.269 e. The van der Waals surface area contributed by atoms with Gasteiger partial charge in [0, 0.05) is 78.5 Å². The van der Waals surface area contributed by atoms with E-state index in [0.29, 0.717) is 5.56 Å². The molecule has 0 fully saturated rings. The molecule has 0 saturated carbocycles. The molecule has 3 aromatic carbocycles. The number of nitrogens with one attached hydrogen (secondary N) is 1. The quantitative estimate of drug-likeness (QED) is 0.443. The van der Waals surface area contributed by atoms with Crippen LogP contribution in [0.2, 0.25) is 0 Å². The Morgan fingerprint density at radius 2 is 1.35 bits per heavy atom. The van der Waals surface area contributed by atoms with Crippen LogP contribution in [0.15, 0.2) is 60.7 Å². The lowest BCUT2D eigenvalue weighted by atomic mass is 9.75. The van der Waals surface area contributed by atoms with E-state index < -0.39 is 5.54 Å². The molecule has 0 aliphatic carbocycles. The second-order valence-electron chi connectivity index (χ2n) is 9.34. The van der Waals surface area contributed by atoms with E-state index in [9.17, 15) is 9.90 Å². The van der Waals surface area contributed by atoms with E-state index >= 15 is 0 Å². The zero-order chi connectivity index (χ0) is 26.2. The number of fused-ring (bicyclic) bond motifs is 6. The Morgan fingerprint density at radius 1 is 0.811 bits per heavy atom. The zero-order valence-corrected chi connectivity index (χ0v) is 22.1. The summed E-state index contributed by atoms with van der Waals surface area (Å²) in [5.41, 5.74) is 7.82. The molecular weight excluding hydrogens is 464 g/mol. The molecule has 1 amide bonds. The van der Waals surface area contributed by atoms with Crippen LogP contribution in [0.4, 0.5) is 11.4 Å². The van der Waals surface area contributed by atoms with Gasteiger partial charge in [-0.1, -0.05) is 30.3 Å². The van der Waals surface area contributed by atoms with Crippen LogP contribution in [0.1, 0.15) is 54.7 Å². The number of hydrogen-bond donors (Lipinski definition) is 2. The minimum atomic E-state index is -0.935. The van der Waals surface area contributed by atoms with E-state index in [2.05, 4.69) is 79.3 Å². The third-order valence-electron chi connectivity index (χ3n) is 7.65. The summed E-state index contributed by atoms with van der Waals surface area (Å²) in [5.74, 6) is 1.34. The number of anilines is 2. The van der Waals surface area contributed by atoms with Crippen LogP contribution in [0, 0.1) is 0 Å². The van der Waals surface area contributed by atoms with E-state index in [0.717, 1.165) is 65.7 Å². The molecule has 5 rings (SSSR count). The van der Waals surface area contributed by atoms with Crippen LogP contribution >= 0.6 is 0 Å². The van der Waals surface area contributed by atoms with Crippen molar-refractivity contribution in [3.05, 3.63) is 82.9 Å². The average molecular weight is 501 g/mol. The molecule has 2 aliphatic heterocycles. The minimum Gasteiger partial charge on any atom is -0.456 e. The third kappa shape index (κ3) is 3.76. The normalized spacial score (nSPS) is 14.7. The highest BCUT2D eigenvalue weighted by atomic mass is 16.5. The molecule has 7 heteroatoms. The summed E-state index contributed by atoms with van der Waals surface area (Å²) >= 11 is 0. The largest absolute Gasteiger partial charge is 0.456 e. The molecule has 0 unspecified atom stereocenters. The van der Waals surface area contributed by atoms with E-state index in [1.807, 2.05) is 24.3 Å². The van der Waals surface area contributed by atoms with Crippen molar-refractivity contribution in [3.8, 4) is 11.5 Å². The van der Waals surface area contributed by atoms with Gasteiger partial charge in [-0.2, -0.15) is 0 Å². The number of hydrogen-bond acceptors (Lipinski definition) is 6. The molecule has 0 atom stereocenters. The molecule has 37 heavy (non-hydrogen) atoms. The molecule has 0 bridgehead atoms. The first-order chi connectivity index (χ1) is 18.0. The first-order valence-corrected chi connectivity index (χ1v) is 13.3. The second kappa shape index (κ2) is 10.1. The van der Waals surface area contributed by atoms with Gasteiger partial charge in [0.05, 0.1) is 6.61 Å². The Morgan fingerprint density at radius 3 is 1.86 bits per heavy atom. The van der Waals surface area contributed by atoms with Crippen molar-refractivity contribution in [1.82, 2.24) is 10.4 Å². The van der Waals surface area contributed by atoms with Crippen LogP contribution in [0.3, 0.4) is 0 Å². The van der Waals surface area contributed by atoms with Gasteiger partial charge in [0.25, 0.3) is 5.91 Å². The van der Waals surface area contributed by atoms with E-state index in [1.54, 1.807) is 5.01 Å². The van der Waals surface area contributed by atoms with Crippen molar-refractivity contribution in [3.63, 3.8) is 0 Å². The van der Waals surface area contributed by atoms with E-state index in [1.165, 1.54) is 0 Å². The Hall–Kier alpha value is -3.55. The van der Waals surface area contributed by atoms with E-state index in [-0.39, 0.29) is 19.1 Å². The minimum absolute atomic E-state index is 0.0891. The average Bonchev–Trinajstić information content (AvgIpc) is 3.17. The van der Waals surface area contributed by atoms with Crippen molar-refractivity contribution in [2.24, 2.45) is 0 Å². The maximum atomic E-state index is 13.9. The van der Waals surface area contributed by atoms with Crippen molar-refractivity contribution in [1.29, 1.82) is 0 Å². The molecule has 0 saturated heterocycles. The van der Waals surface area contributed by atoms with Crippen LogP contribution in [-0.4, -0.2) is 55.4 Å². The fourth-order valence-electron chi connectivity index (χ4n) is 5.88. The number of benzene rings is 3. The molecule has 2 N–H and O–H groups in total. The predicted octanol–water partition coefficient (Wildman–Crippen LogP) is 4.73. The van der Waals surface area contributed by atoms with Gasteiger partial charge in [-0.3, -0.25) is 9.80 Å². The summed E-state index contributed by atoms with van der Waals surface area (Å²) in [6.07, 6.45) is 0. The summed E-state index contributed by atoms with van der Waals surface area (Å²) < 4.78 is 6.66. The highest BCUT2D eigenvalue weighted by molar-refractivity contribution is 6.02. The number of amides is 1. The fourth-order valence-corrected chi connectivity index (χ4v) is 5.88. The molecule has 2 heterocycles. The summed E-state index contributed by atoms with van der Waals surface area (Å²) in [5, 5.41) is 11.4. The molecule has 194 valence electrons. The van der Waals surface area contributed by atoms with E-state index in [4.69, 9.17) is 4.74 Å². The van der Waals surface area contributed by atoms with Crippen LogP contribution in [0.25, 0.3) is 0 Å². The topological polar surface area (TPSA) is 68.3 Å². The van der Waals surface area contributed by atoms with Crippen molar-refractivity contribution >= 4 is 17.3 Å². The number of carbonyl (C=O) groups is 1. The Labute approximate surface area is 219 Å². The number of aliphatic hydroxyl groups is 1. The number of rotatable bonds is 9. The first kappa shape index (κ1) is 25.1. The van der Waals surface area contributed by atoms with Crippen molar-refractivity contribution in [2.45, 2.75) is 33.2 Å². The monoisotopic (exact) mass is 500 g/mol. The summed E-state index contributed by atoms with van der Waals surface area (Å²) in [7, 11) is 0. The highest BCUT2D eigenvalue weighted by Gasteiger charge is 2.56. The van der Waals surface area contributed by atoms with Gasteiger partial charge >= 0.3 is 0 Å². The maximum absolute atomic E-state index is 13.9. The smallest absolute Gasteiger partial charge is 0.269 e. The van der Waals surface area contributed by atoms with Crippen LogP contribution in [0.5, 0.6) is 11.5 Å². The lowest BCUT2D eigenvalue weighted by Gasteiger charge is -2.44. The molecule has 2 aliphatic rings. The highest BCUT2D eigenvalue weighted by Crippen LogP contribution is 2.57.